The predicted octanol–water partition coefficient (Wildman–Crippen LogP) is 4.34. The lowest BCUT2D eigenvalue weighted by molar-refractivity contribution is -0.120. The molecule has 2 amide bonds. The summed E-state index contributed by atoms with van der Waals surface area (Å²) in [6.07, 6.45) is 1.45. The molecule has 0 bridgehead atoms. The van der Waals surface area contributed by atoms with Crippen LogP contribution in [-0.4, -0.2) is 37.1 Å². The van der Waals surface area contributed by atoms with Crippen molar-refractivity contribution in [2.45, 2.75) is 6.92 Å². The van der Waals surface area contributed by atoms with Crippen LogP contribution in [0, 0.1) is 0 Å². The topological polar surface area (TPSA) is 106 Å². The van der Waals surface area contributed by atoms with Crippen molar-refractivity contribution in [2.75, 3.05) is 13.2 Å². The number of ether oxygens (including phenoxy) is 2. The Morgan fingerprint density at radius 3 is 2.30 bits per heavy atom. The van der Waals surface area contributed by atoms with Gasteiger partial charge in [0.15, 0.2) is 0 Å². The lowest BCUT2D eigenvalue weighted by Gasteiger charge is -2.07. The van der Waals surface area contributed by atoms with E-state index in [1.54, 1.807) is 54.6 Å². The summed E-state index contributed by atoms with van der Waals surface area (Å²) < 4.78 is 10.9. The fourth-order valence-corrected chi connectivity index (χ4v) is 3.54. The summed E-state index contributed by atoms with van der Waals surface area (Å²) in [4.78, 5) is 36.8. The molecule has 8 nitrogen and oxygen atoms in total. The summed E-state index contributed by atoms with van der Waals surface area (Å²) in [5, 5.41) is 8.22. The highest BCUT2D eigenvalue weighted by molar-refractivity contribution is 6.05. The first-order chi connectivity index (χ1) is 18.0. The fraction of sp³-hybridized carbons (Fsp3) is 0.103. The molecule has 0 unspecified atom stereocenters. The van der Waals surface area contributed by atoms with E-state index in [0.29, 0.717) is 34.8 Å². The van der Waals surface area contributed by atoms with Crippen molar-refractivity contribution in [3.8, 4) is 11.5 Å². The Bertz CT molecular complexity index is 1430. The van der Waals surface area contributed by atoms with E-state index in [1.165, 1.54) is 6.21 Å². The first-order valence-electron chi connectivity index (χ1n) is 11.7. The standard InChI is InChI=1S/C29H25N3O5/c1-2-36-23-16-12-22(13-17-23)28(34)30-19-27(33)32-31-18-20-10-14-24(15-11-20)37-29(35)26-9-5-7-21-6-3-4-8-25(21)26/h3-18H,2,19H2,1H3,(H,30,34)(H,32,33)/b31-18-. The van der Waals surface area contributed by atoms with E-state index in [4.69, 9.17) is 9.47 Å². The molecule has 4 aromatic carbocycles. The van der Waals surface area contributed by atoms with E-state index in [9.17, 15) is 14.4 Å². The van der Waals surface area contributed by atoms with E-state index >= 15 is 0 Å². The number of fused-ring (bicyclic) bond motifs is 1. The van der Waals surface area contributed by atoms with Crippen LogP contribution in [0.2, 0.25) is 0 Å². The Morgan fingerprint density at radius 1 is 0.838 bits per heavy atom. The second-order valence-electron chi connectivity index (χ2n) is 7.92. The molecule has 0 aromatic heterocycles. The zero-order chi connectivity index (χ0) is 26.0. The summed E-state index contributed by atoms with van der Waals surface area (Å²) >= 11 is 0. The average molecular weight is 496 g/mol. The van der Waals surface area contributed by atoms with Gasteiger partial charge in [0.2, 0.25) is 0 Å². The van der Waals surface area contributed by atoms with E-state index in [0.717, 1.165) is 10.8 Å². The smallest absolute Gasteiger partial charge is 0.344 e. The predicted molar refractivity (Wildman–Crippen MR) is 141 cm³/mol. The monoisotopic (exact) mass is 495 g/mol. The van der Waals surface area contributed by atoms with Crippen LogP contribution in [-0.2, 0) is 4.79 Å². The Kier molecular flexibility index (Phi) is 8.23. The highest BCUT2D eigenvalue weighted by Crippen LogP contribution is 2.21. The average Bonchev–Trinajstić information content (AvgIpc) is 2.93. The van der Waals surface area contributed by atoms with Gasteiger partial charge in [-0.1, -0.05) is 36.4 Å². The molecular formula is C29H25N3O5. The summed E-state index contributed by atoms with van der Waals surface area (Å²) in [7, 11) is 0. The molecule has 37 heavy (non-hydrogen) atoms. The van der Waals surface area contributed by atoms with E-state index in [1.807, 2.05) is 43.3 Å². The van der Waals surface area contributed by atoms with Crippen molar-refractivity contribution in [1.29, 1.82) is 0 Å². The molecule has 2 N–H and O–H groups in total. The fourth-order valence-electron chi connectivity index (χ4n) is 3.54. The van der Waals surface area contributed by atoms with Gasteiger partial charge in [0, 0.05) is 5.56 Å². The van der Waals surface area contributed by atoms with E-state index in [2.05, 4.69) is 15.8 Å². The number of hydrogen-bond acceptors (Lipinski definition) is 6. The molecule has 0 aliphatic rings. The number of carbonyl (C=O) groups excluding carboxylic acids is 3. The minimum absolute atomic E-state index is 0.230. The summed E-state index contributed by atoms with van der Waals surface area (Å²) in [6, 6.07) is 26.4. The van der Waals surface area contributed by atoms with Gasteiger partial charge < -0.3 is 14.8 Å². The van der Waals surface area contributed by atoms with Crippen LogP contribution in [0.3, 0.4) is 0 Å². The van der Waals surface area contributed by atoms with Crippen molar-refractivity contribution in [3.05, 3.63) is 108 Å². The Hall–Kier alpha value is -4.98. The highest BCUT2D eigenvalue weighted by atomic mass is 16.5. The van der Waals surface area contributed by atoms with Crippen LogP contribution >= 0.6 is 0 Å². The zero-order valence-electron chi connectivity index (χ0n) is 20.1. The molecule has 0 aliphatic heterocycles. The molecule has 0 saturated heterocycles. The van der Waals surface area contributed by atoms with Gasteiger partial charge in [-0.2, -0.15) is 5.10 Å². The minimum atomic E-state index is -0.476. The van der Waals surface area contributed by atoms with Gasteiger partial charge in [-0.15, -0.1) is 0 Å². The number of rotatable bonds is 9. The maximum Gasteiger partial charge on any atom is 0.344 e. The Morgan fingerprint density at radius 2 is 1.54 bits per heavy atom. The van der Waals surface area contributed by atoms with E-state index in [-0.39, 0.29) is 12.5 Å². The lowest BCUT2D eigenvalue weighted by atomic mass is 10.0. The molecule has 0 radical (unpaired) electrons. The summed E-state index contributed by atoms with van der Waals surface area (Å²) in [5.41, 5.74) is 3.95. The first kappa shape index (κ1) is 25.1. The molecule has 0 heterocycles. The van der Waals surface area contributed by atoms with Gasteiger partial charge >= 0.3 is 5.97 Å². The molecule has 0 atom stereocenters. The number of hydrogen-bond donors (Lipinski definition) is 2. The Labute approximate surface area is 213 Å². The van der Waals surface area contributed by atoms with Crippen molar-refractivity contribution in [3.63, 3.8) is 0 Å². The largest absolute Gasteiger partial charge is 0.494 e. The summed E-state index contributed by atoms with van der Waals surface area (Å²) in [5.74, 6) is -0.247. The number of carbonyl (C=O) groups is 3. The second-order valence-corrected chi connectivity index (χ2v) is 7.92. The van der Waals surface area contributed by atoms with Gasteiger partial charge in [0.05, 0.1) is 24.9 Å². The number of nitrogens with one attached hydrogen (secondary N) is 2. The lowest BCUT2D eigenvalue weighted by Crippen LogP contribution is -2.34. The van der Waals surface area contributed by atoms with Crippen molar-refractivity contribution >= 4 is 34.8 Å². The van der Waals surface area contributed by atoms with Gasteiger partial charge in [-0.3, -0.25) is 9.59 Å². The molecule has 0 aliphatic carbocycles. The zero-order valence-corrected chi connectivity index (χ0v) is 20.1. The van der Waals surface area contributed by atoms with Gasteiger partial charge in [-0.05, 0) is 77.9 Å². The van der Waals surface area contributed by atoms with E-state index < -0.39 is 11.9 Å². The van der Waals surface area contributed by atoms with Gasteiger partial charge in [-0.25, -0.2) is 10.2 Å². The van der Waals surface area contributed by atoms with Crippen LogP contribution in [0.5, 0.6) is 11.5 Å². The molecule has 0 fully saturated rings. The van der Waals surface area contributed by atoms with Gasteiger partial charge in [0.25, 0.3) is 11.8 Å². The highest BCUT2D eigenvalue weighted by Gasteiger charge is 2.12. The van der Waals surface area contributed by atoms with Crippen LogP contribution < -0.4 is 20.2 Å². The van der Waals surface area contributed by atoms with Crippen molar-refractivity contribution < 1.29 is 23.9 Å². The van der Waals surface area contributed by atoms with Crippen LogP contribution in [0.4, 0.5) is 0 Å². The molecule has 0 saturated carbocycles. The number of amides is 2. The second kappa shape index (κ2) is 12.1. The van der Waals surface area contributed by atoms with Crippen LogP contribution in [0.15, 0.2) is 96.1 Å². The molecule has 4 aromatic rings. The molecule has 8 heteroatoms. The number of esters is 1. The SMILES string of the molecule is CCOc1ccc(C(=O)NCC(=O)N/N=C\c2ccc(OC(=O)c3cccc4ccccc34)cc2)cc1. The number of nitrogens with zero attached hydrogens (tertiary/aromatic N) is 1. The maximum atomic E-state index is 12.7. The maximum absolute atomic E-state index is 12.7. The molecule has 0 spiro atoms. The van der Waals surface area contributed by atoms with Crippen LogP contribution in [0.25, 0.3) is 10.8 Å². The minimum Gasteiger partial charge on any atom is -0.494 e. The quantitative estimate of drug-likeness (QED) is 0.156. The Balaban J connectivity index is 1.25. The van der Waals surface area contributed by atoms with Gasteiger partial charge in [0.1, 0.15) is 11.5 Å². The third-order valence-electron chi connectivity index (χ3n) is 5.34. The molecule has 4 rings (SSSR count). The summed E-state index contributed by atoms with van der Waals surface area (Å²) in [6.45, 7) is 2.18. The van der Waals surface area contributed by atoms with Crippen molar-refractivity contribution in [2.24, 2.45) is 5.10 Å². The third-order valence-corrected chi connectivity index (χ3v) is 5.34. The first-order valence-corrected chi connectivity index (χ1v) is 11.7. The number of hydrazone groups is 1. The molecule has 186 valence electrons. The third kappa shape index (κ3) is 6.79. The van der Waals surface area contributed by atoms with Crippen molar-refractivity contribution in [1.82, 2.24) is 10.7 Å². The number of benzene rings is 4. The van der Waals surface area contributed by atoms with Crippen LogP contribution in [0.1, 0.15) is 33.2 Å². The molecular weight excluding hydrogens is 470 g/mol. The normalized spacial score (nSPS) is 10.7.